The summed E-state index contributed by atoms with van der Waals surface area (Å²) in [6, 6.07) is 3.83. The quantitative estimate of drug-likeness (QED) is 0.344. The van der Waals surface area contributed by atoms with Crippen molar-refractivity contribution in [3.8, 4) is 0 Å². The molecule has 0 aromatic carbocycles. The van der Waals surface area contributed by atoms with Gasteiger partial charge < -0.3 is 20.7 Å². The van der Waals surface area contributed by atoms with E-state index in [0.717, 1.165) is 42.3 Å². The van der Waals surface area contributed by atoms with Crippen molar-refractivity contribution >= 4 is 50.5 Å². The van der Waals surface area contributed by atoms with Crippen LogP contribution in [0.25, 0.3) is 11.0 Å². The second-order valence-corrected chi connectivity index (χ2v) is 10.7. The molecule has 3 aromatic rings. The van der Waals surface area contributed by atoms with Crippen LogP contribution in [0, 0.1) is 6.92 Å². The van der Waals surface area contributed by atoms with Crippen molar-refractivity contribution in [2.45, 2.75) is 65.0 Å². The van der Waals surface area contributed by atoms with E-state index in [1.54, 1.807) is 12.4 Å². The van der Waals surface area contributed by atoms with Crippen molar-refractivity contribution in [1.82, 2.24) is 24.8 Å². The van der Waals surface area contributed by atoms with Gasteiger partial charge in [0.15, 0.2) is 0 Å². The summed E-state index contributed by atoms with van der Waals surface area (Å²) < 4.78 is 7.60. The second kappa shape index (κ2) is 10.8. The molecule has 1 aliphatic carbocycles. The minimum absolute atomic E-state index is 0.0498. The molecule has 3 aromatic heterocycles. The number of anilines is 3. The SMILES string of the molecule is Cc1c(Br)c(=O)n(C2CCCC2)c2nc(Nc3ccc(NCCNC(=O)OC(C)(C)C)cn3)ncc12. The number of carbonyl (C=O) groups excluding carboxylic acids is 1. The van der Waals surface area contributed by atoms with Gasteiger partial charge in [-0.05, 0) is 74.2 Å². The molecule has 3 N–H and O–H groups in total. The summed E-state index contributed by atoms with van der Waals surface area (Å²) in [4.78, 5) is 38.4. The summed E-state index contributed by atoms with van der Waals surface area (Å²) in [5.74, 6) is 0.959. The number of pyridine rings is 2. The van der Waals surface area contributed by atoms with Crippen molar-refractivity contribution in [3.63, 3.8) is 0 Å². The highest BCUT2D eigenvalue weighted by Gasteiger charge is 2.24. The first kappa shape index (κ1) is 25.9. The van der Waals surface area contributed by atoms with E-state index < -0.39 is 11.7 Å². The van der Waals surface area contributed by atoms with Gasteiger partial charge in [0.05, 0.1) is 16.4 Å². The Morgan fingerprint density at radius 2 is 1.92 bits per heavy atom. The molecule has 0 unspecified atom stereocenters. The molecular weight excluding hydrogens is 526 g/mol. The Morgan fingerprint density at radius 1 is 1.17 bits per heavy atom. The second-order valence-electron chi connectivity index (χ2n) is 9.90. The number of carbonyl (C=O) groups is 1. The molecule has 36 heavy (non-hydrogen) atoms. The lowest BCUT2D eigenvalue weighted by molar-refractivity contribution is 0.0530. The van der Waals surface area contributed by atoms with Gasteiger partial charge in [-0.1, -0.05) is 12.8 Å². The van der Waals surface area contributed by atoms with Crippen LogP contribution in [0.1, 0.15) is 58.1 Å². The van der Waals surface area contributed by atoms with Gasteiger partial charge in [0, 0.05) is 30.7 Å². The van der Waals surface area contributed by atoms with Crippen molar-refractivity contribution in [2.75, 3.05) is 23.7 Å². The van der Waals surface area contributed by atoms with Crippen LogP contribution in [-0.2, 0) is 4.74 Å². The lowest BCUT2D eigenvalue weighted by atomic mass is 10.1. The Morgan fingerprint density at radius 3 is 2.58 bits per heavy atom. The highest BCUT2D eigenvalue weighted by atomic mass is 79.9. The van der Waals surface area contributed by atoms with E-state index in [2.05, 4.69) is 41.8 Å². The maximum atomic E-state index is 13.1. The number of aromatic nitrogens is 4. The average Bonchev–Trinajstić information content (AvgIpc) is 3.35. The highest BCUT2D eigenvalue weighted by molar-refractivity contribution is 9.10. The van der Waals surface area contributed by atoms with Crippen molar-refractivity contribution in [1.29, 1.82) is 0 Å². The number of hydrogen-bond donors (Lipinski definition) is 3. The summed E-state index contributed by atoms with van der Waals surface area (Å²) in [5, 5.41) is 9.89. The van der Waals surface area contributed by atoms with Gasteiger partial charge in [-0.25, -0.2) is 14.8 Å². The van der Waals surface area contributed by atoms with Gasteiger partial charge in [-0.15, -0.1) is 0 Å². The van der Waals surface area contributed by atoms with Crippen LogP contribution in [0.5, 0.6) is 0 Å². The molecule has 0 radical (unpaired) electrons. The van der Waals surface area contributed by atoms with Crippen LogP contribution >= 0.6 is 15.9 Å². The van der Waals surface area contributed by atoms with Gasteiger partial charge in [0.25, 0.3) is 5.56 Å². The standard InChI is InChI=1S/C25H32BrN7O3/c1-15-18-14-30-23(32-21(18)33(22(34)20(15)26)17-7-5-6-8-17)31-19-10-9-16(13-29-19)27-11-12-28-24(35)36-25(2,3)4/h9-10,13-14,17,27H,5-8,11-12H2,1-4H3,(H,28,35)(H,29,30,31,32). The summed E-state index contributed by atoms with van der Waals surface area (Å²) in [6.07, 6.45) is 7.17. The topological polar surface area (TPSA) is 123 Å². The molecule has 0 saturated heterocycles. The van der Waals surface area contributed by atoms with Gasteiger partial charge in [0.2, 0.25) is 5.95 Å². The molecule has 1 fully saturated rings. The number of ether oxygens (including phenoxy) is 1. The Hall–Kier alpha value is -3.21. The summed E-state index contributed by atoms with van der Waals surface area (Å²) in [5.41, 5.74) is 1.71. The van der Waals surface area contributed by atoms with Crippen molar-refractivity contribution in [3.05, 3.63) is 44.9 Å². The normalized spacial score (nSPS) is 14.1. The highest BCUT2D eigenvalue weighted by Crippen LogP contribution is 2.32. The van der Waals surface area contributed by atoms with Crippen LogP contribution in [0.15, 0.2) is 33.8 Å². The smallest absolute Gasteiger partial charge is 0.407 e. The number of aryl methyl sites for hydroxylation is 1. The number of amides is 1. The molecule has 0 spiro atoms. The summed E-state index contributed by atoms with van der Waals surface area (Å²) in [7, 11) is 0. The van der Waals surface area contributed by atoms with E-state index >= 15 is 0 Å². The minimum Gasteiger partial charge on any atom is -0.444 e. The Labute approximate surface area is 218 Å². The third-order valence-corrected chi connectivity index (χ3v) is 6.89. The van der Waals surface area contributed by atoms with E-state index in [4.69, 9.17) is 9.72 Å². The van der Waals surface area contributed by atoms with E-state index in [1.165, 1.54) is 0 Å². The first-order valence-electron chi connectivity index (χ1n) is 12.1. The first-order chi connectivity index (χ1) is 17.1. The number of halogens is 1. The average molecular weight is 558 g/mol. The molecule has 11 heteroatoms. The third-order valence-electron chi connectivity index (χ3n) is 5.95. The lowest BCUT2D eigenvalue weighted by Gasteiger charge is -2.19. The maximum Gasteiger partial charge on any atom is 0.407 e. The number of alkyl carbamates (subject to hydrolysis) is 1. The molecule has 1 saturated carbocycles. The molecule has 0 atom stereocenters. The van der Waals surface area contributed by atoms with Gasteiger partial charge >= 0.3 is 6.09 Å². The zero-order chi connectivity index (χ0) is 25.9. The lowest BCUT2D eigenvalue weighted by Crippen LogP contribution is -2.34. The molecule has 1 aliphatic rings. The van der Waals surface area contributed by atoms with Crippen LogP contribution in [0.4, 0.5) is 22.2 Å². The van der Waals surface area contributed by atoms with Crippen LogP contribution < -0.4 is 21.5 Å². The van der Waals surface area contributed by atoms with Crippen LogP contribution in [-0.4, -0.2) is 44.3 Å². The van der Waals surface area contributed by atoms with Crippen LogP contribution in [0.3, 0.4) is 0 Å². The summed E-state index contributed by atoms with van der Waals surface area (Å²) in [6.45, 7) is 8.31. The predicted octanol–water partition coefficient (Wildman–Crippen LogP) is 5.05. The number of rotatable bonds is 7. The zero-order valence-corrected chi connectivity index (χ0v) is 22.6. The van der Waals surface area contributed by atoms with E-state index in [0.29, 0.717) is 35.0 Å². The molecule has 0 bridgehead atoms. The summed E-state index contributed by atoms with van der Waals surface area (Å²) >= 11 is 3.47. The Balaban J connectivity index is 1.43. The fraction of sp³-hybridized carbons (Fsp3) is 0.480. The predicted molar refractivity (Wildman–Crippen MR) is 144 cm³/mol. The Kier molecular flexibility index (Phi) is 7.77. The van der Waals surface area contributed by atoms with Gasteiger partial charge in [0.1, 0.15) is 17.1 Å². The van der Waals surface area contributed by atoms with E-state index in [1.807, 2.05) is 44.4 Å². The fourth-order valence-corrected chi connectivity index (χ4v) is 4.64. The Bertz CT molecular complexity index is 1300. The fourth-order valence-electron chi connectivity index (χ4n) is 4.24. The monoisotopic (exact) mass is 557 g/mol. The third kappa shape index (κ3) is 6.13. The molecule has 3 heterocycles. The molecule has 4 rings (SSSR count). The largest absolute Gasteiger partial charge is 0.444 e. The van der Waals surface area contributed by atoms with E-state index in [9.17, 15) is 9.59 Å². The van der Waals surface area contributed by atoms with E-state index in [-0.39, 0.29) is 11.6 Å². The van der Waals surface area contributed by atoms with Gasteiger partial charge in [-0.3, -0.25) is 9.36 Å². The molecule has 1 amide bonds. The number of fused-ring (bicyclic) bond motifs is 1. The molecule has 192 valence electrons. The van der Waals surface area contributed by atoms with Crippen molar-refractivity contribution < 1.29 is 9.53 Å². The molecular formula is C25H32BrN7O3. The zero-order valence-electron chi connectivity index (χ0n) is 21.0. The van der Waals surface area contributed by atoms with Gasteiger partial charge in [-0.2, -0.15) is 4.98 Å². The van der Waals surface area contributed by atoms with Crippen molar-refractivity contribution in [2.24, 2.45) is 0 Å². The maximum absolute atomic E-state index is 13.1. The van der Waals surface area contributed by atoms with Crippen LogP contribution in [0.2, 0.25) is 0 Å². The number of nitrogens with zero attached hydrogens (tertiary/aromatic N) is 4. The number of hydrogen-bond acceptors (Lipinski definition) is 8. The molecule has 0 aliphatic heterocycles. The first-order valence-corrected chi connectivity index (χ1v) is 12.9. The number of nitrogens with one attached hydrogen (secondary N) is 3. The molecule has 10 nitrogen and oxygen atoms in total. The minimum atomic E-state index is -0.525.